The van der Waals surface area contributed by atoms with Crippen molar-refractivity contribution in [2.45, 2.75) is 39.7 Å². The topological polar surface area (TPSA) is 51.1 Å². The lowest BCUT2D eigenvalue weighted by molar-refractivity contribution is 0.0943. The minimum atomic E-state index is -1.07. The fraction of sp³-hybridized carbons (Fsp3) is 0.412. The van der Waals surface area contributed by atoms with Gasteiger partial charge in [0.25, 0.3) is 11.5 Å². The third-order valence-corrected chi connectivity index (χ3v) is 3.65. The van der Waals surface area contributed by atoms with Gasteiger partial charge in [0, 0.05) is 13.1 Å². The van der Waals surface area contributed by atoms with Gasteiger partial charge in [-0.2, -0.15) is 0 Å². The molecule has 0 atom stereocenters. The number of nitrogens with zero attached hydrogens (tertiary/aromatic N) is 1. The first-order valence-corrected chi connectivity index (χ1v) is 7.80. The minimum Gasteiger partial charge on any atom is -0.351 e. The van der Waals surface area contributed by atoms with E-state index in [2.05, 4.69) is 5.32 Å². The molecule has 0 radical (unpaired) electrons. The molecule has 0 bridgehead atoms. The first-order chi connectivity index (χ1) is 11.0. The van der Waals surface area contributed by atoms with Crippen molar-refractivity contribution in [2.75, 3.05) is 6.54 Å². The monoisotopic (exact) mass is 322 g/mol. The second-order valence-electron chi connectivity index (χ2n) is 5.45. The van der Waals surface area contributed by atoms with E-state index in [0.29, 0.717) is 19.5 Å². The second kappa shape index (κ2) is 7.35. The molecule has 0 unspecified atom stereocenters. The van der Waals surface area contributed by atoms with Gasteiger partial charge in [-0.05, 0) is 36.4 Å². The molecule has 0 aliphatic carbocycles. The largest absolute Gasteiger partial charge is 0.351 e. The van der Waals surface area contributed by atoms with Crippen LogP contribution in [0.15, 0.2) is 23.0 Å². The van der Waals surface area contributed by atoms with Crippen LogP contribution in [0.5, 0.6) is 0 Å². The fourth-order valence-electron chi connectivity index (χ4n) is 2.40. The van der Waals surface area contributed by atoms with Crippen molar-refractivity contribution in [3.63, 3.8) is 0 Å². The summed E-state index contributed by atoms with van der Waals surface area (Å²) < 4.78 is 28.2. The number of halogens is 2. The molecule has 0 saturated heterocycles. The third kappa shape index (κ3) is 3.57. The smallest absolute Gasteiger partial charge is 0.268 e. The van der Waals surface area contributed by atoms with Gasteiger partial charge in [-0.15, -0.1) is 0 Å². The Morgan fingerprint density at radius 1 is 1.13 bits per heavy atom. The molecule has 0 fully saturated rings. The van der Waals surface area contributed by atoms with Crippen LogP contribution in [0.4, 0.5) is 8.78 Å². The molecular formula is C17H20F2N2O2. The van der Waals surface area contributed by atoms with E-state index in [-0.39, 0.29) is 22.4 Å². The van der Waals surface area contributed by atoms with Gasteiger partial charge in [-0.1, -0.05) is 20.3 Å². The number of benzene rings is 1. The Hall–Kier alpha value is -2.24. The molecule has 124 valence electrons. The highest BCUT2D eigenvalue weighted by Gasteiger charge is 2.17. The summed E-state index contributed by atoms with van der Waals surface area (Å²) in [6, 6.07) is 3.29. The maximum Gasteiger partial charge on any atom is 0.268 e. The highest BCUT2D eigenvalue weighted by Crippen LogP contribution is 2.17. The summed E-state index contributed by atoms with van der Waals surface area (Å²) in [5.41, 5.74) is -0.299. The van der Waals surface area contributed by atoms with Crippen LogP contribution in [0.1, 0.15) is 43.6 Å². The molecule has 2 rings (SSSR count). The summed E-state index contributed by atoms with van der Waals surface area (Å²) in [6.45, 7) is 4.73. The van der Waals surface area contributed by atoms with Gasteiger partial charge in [0.15, 0.2) is 11.6 Å². The van der Waals surface area contributed by atoms with E-state index in [1.807, 2.05) is 13.8 Å². The van der Waals surface area contributed by atoms with E-state index >= 15 is 0 Å². The first kappa shape index (κ1) is 17.1. The molecular weight excluding hydrogens is 302 g/mol. The van der Waals surface area contributed by atoms with Crippen LogP contribution in [0, 0.1) is 11.6 Å². The standard InChI is InChI=1S/C17H20F2N2O2/c1-3-5-7-21-15(16(22)20-6-4-2)9-11-8-13(18)14(19)10-12(11)17(21)23/h8-10H,3-7H2,1-2H3,(H,20,22). The average molecular weight is 322 g/mol. The van der Waals surface area contributed by atoms with E-state index in [4.69, 9.17) is 0 Å². The molecule has 6 heteroatoms. The molecule has 1 aromatic carbocycles. The van der Waals surface area contributed by atoms with Crippen LogP contribution < -0.4 is 10.9 Å². The lowest BCUT2D eigenvalue weighted by Crippen LogP contribution is -2.33. The van der Waals surface area contributed by atoms with Gasteiger partial charge in [-0.3, -0.25) is 9.59 Å². The highest BCUT2D eigenvalue weighted by molar-refractivity contribution is 5.96. The zero-order valence-corrected chi connectivity index (χ0v) is 13.3. The van der Waals surface area contributed by atoms with E-state index in [1.54, 1.807) is 0 Å². The number of amides is 1. The first-order valence-electron chi connectivity index (χ1n) is 7.80. The lowest BCUT2D eigenvalue weighted by Gasteiger charge is -2.14. The van der Waals surface area contributed by atoms with Crippen molar-refractivity contribution in [3.8, 4) is 0 Å². The Morgan fingerprint density at radius 2 is 1.83 bits per heavy atom. The predicted octanol–water partition coefficient (Wildman–Crippen LogP) is 3.22. The molecule has 0 aliphatic heterocycles. The number of pyridine rings is 1. The second-order valence-corrected chi connectivity index (χ2v) is 5.45. The molecule has 1 amide bonds. The van der Waals surface area contributed by atoms with Crippen LogP contribution in [0.2, 0.25) is 0 Å². The van der Waals surface area contributed by atoms with Gasteiger partial charge in [-0.25, -0.2) is 8.78 Å². The van der Waals surface area contributed by atoms with Crippen molar-refractivity contribution in [1.29, 1.82) is 0 Å². The van der Waals surface area contributed by atoms with Crippen LogP contribution in [0.25, 0.3) is 10.8 Å². The Morgan fingerprint density at radius 3 is 2.48 bits per heavy atom. The summed E-state index contributed by atoms with van der Waals surface area (Å²) >= 11 is 0. The zero-order chi connectivity index (χ0) is 17.0. The maximum atomic E-state index is 13.4. The molecule has 0 saturated carbocycles. The Labute approximate surface area is 133 Å². The summed E-state index contributed by atoms with van der Waals surface area (Å²) in [5.74, 6) is -2.49. The molecule has 0 aliphatic rings. The van der Waals surface area contributed by atoms with Crippen molar-refractivity contribution in [1.82, 2.24) is 9.88 Å². The Balaban J connectivity index is 2.64. The minimum absolute atomic E-state index is 0.0760. The molecule has 1 heterocycles. The molecule has 1 N–H and O–H groups in total. The fourth-order valence-corrected chi connectivity index (χ4v) is 2.40. The number of aromatic nitrogens is 1. The lowest BCUT2D eigenvalue weighted by atomic mass is 10.1. The van der Waals surface area contributed by atoms with E-state index < -0.39 is 17.2 Å². The average Bonchev–Trinajstić information content (AvgIpc) is 2.53. The van der Waals surface area contributed by atoms with Crippen molar-refractivity contribution in [2.24, 2.45) is 0 Å². The number of hydrogen-bond acceptors (Lipinski definition) is 2. The normalized spacial score (nSPS) is 11.0. The summed E-state index contributed by atoms with van der Waals surface area (Å²) in [4.78, 5) is 24.9. The van der Waals surface area contributed by atoms with Crippen LogP contribution in [0.3, 0.4) is 0 Å². The van der Waals surface area contributed by atoms with Crippen LogP contribution >= 0.6 is 0 Å². The predicted molar refractivity (Wildman–Crippen MR) is 85.7 cm³/mol. The molecule has 2 aromatic rings. The van der Waals surface area contributed by atoms with E-state index in [0.717, 1.165) is 25.0 Å². The highest BCUT2D eigenvalue weighted by atomic mass is 19.2. The van der Waals surface area contributed by atoms with E-state index in [1.165, 1.54) is 10.6 Å². The summed E-state index contributed by atoms with van der Waals surface area (Å²) in [6.07, 6.45) is 2.32. The zero-order valence-electron chi connectivity index (χ0n) is 13.3. The van der Waals surface area contributed by atoms with Gasteiger partial charge in [0.05, 0.1) is 5.39 Å². The number of fused-ring (bicyclic) bond motifs is 1. The van der Waals surface area contributed by atoms with Crippen LogP contribution in [-0.4, -0.2) is 17.0 Å². The third-order valence-electron chi connectivity index (χ3n) is 3.65. The summed E-state index contributed by atoms with van der Waals surface area (Å²) in [7, 11) is 0. The number of carbonyl (C=O) groups is 1. The number of carbonyl (C=O) groups excluding carboxylic acids is 1. The number of unbranched alkanes of at least 4 members (excludes halogenated alkanes) is 1. The molecule has 1 aromatic heterocycles. The summed E-state index contributed by atoms with van der Waals surface area (Å²) in [5, 5.41) is 3.02. The molecule has 0 spiro atoms. The van der Waals surface area contributed by atoms with Gasteiger partial charge in [0.1, 0.15) is 5.69 Å². The van der Waals surface area contributed by atoms with Crippen LogP contribution in [-0.2, 0) is 6.54 Å². The number of nitrogens with one attached hydrogen (secondary N) is 1. The quantitative estimate of drug-likeness (QED) is 0.888. The van der Waals surface area contributed by atoms with Crippen molar-refractivity contribution < 1.29 is 13.6 Å². The molecule has 4 nitrogen and oxygen atoms in total. The van der Waals surface area contributed by atoms with Gasteiger partial charge < -0.3 is 9.88 Å². The Bertz CT molecular complexity index is 784. The van der Waals surface area contributed by atoms with E-state index in [9.17, 15) is 18.4 Å². The number of hydrogen-bond donors (Lipinski definition) is 1. The Kier molecular flexibility index (Phi) is 5.47. The van der Waals surface area contributed by atoms with Gasteiger partial charge >= 0.3 is 0 Å². The van der Waals surface area contributed by atoms with Crippen molar-refractivity contribution in [3.05, 3.63) is 45.9 Å². The molecule has 23 heavy (non-hydrogen) atoms. The number of rotatable bonds is 6. The maximum absolute atomic E-state index is 13.4. The SMILES string of the molecule is CCCCn1c(C(=O)NCCC)cc2cc(F)c(F)cc2c1=O. The van der Waals surface area contributed by atoms with Gasteiger partial charge in [0.2, 0.25) is 0 Å². The van der Waals surface area contributed by atoms with Crippen molar-refractivity contribution >= 4 is 16.7 Å².